The lowest BCUT2D eigenvalue weighted by molar-refractivity contribution is -0.384. The van der Waals surface area contributed by atoms with Gasteiger partial charge in [0.2, 0.25) is 0 Å². The zero-order valence-corrected chi connectivity index (χ0v) is 20.6. The van der Waals surface area contributed by atoms with Crippen LogP contribution in [0, 0.1) is 16.0 Å². The summed E-state index contributed by atoms with van der Waals surface area (Å²) >= 11 is 0. The number of allylic oxidation sites excluding steroid dienone is 2. The van der Waals surface area contributed by atoms with E-state index in [1.165, 1.54) is 18.2 Å². The monoisotopic (exact) mass is 508 g/mol. The second kappa shape index (κ2) is 10.6. The number of nitro benzene ring substituents is 1. The van der Waals surface area contributed by atoms with Crippen LogP contribution in [0.3, 0.4) is 0 Å². The fourth-order valence-corrected chi connectivity index (χ4v) is 4.76. The maximum Gasteiger partial charge on any atom is 0.317 e. The van der Waals surface area contributed by atoms with Crippen molar-refractivity contribution in [3.8, 4) is 16.9 Å². The molecule has 9 nitrogen and oxygen atoms in total. The van der Waals surface area contributed by atoms with Crippen LogP contribution in [0.25, 0.3) is 22.5 Å². The van der Waals surface area contributed by atoms with Crippen LogP contribution in [-0.2, 0) is 14.3 Å². The number of esters is 1. The Bertz CT molecular complexity index is 1510. The van der Waals surface area contributed by atoms with Crippen molar-refractivity contribution in [3.63, 3.8) is 0 Å². The molecular formula is C29H24N4O5. The van der Waals surface area contributed by atoms with Gasteiger partial charge in [-0.3, -0.25) is 24.7 Å². The number of ketones is 1. The summed E-state index contributed by atoms with van der Waals surface area (Å²) < 4.78 is 6.97. The van der Waals surface area contributed by atoms with E-state index in [0.29, 0.717) is 28.8 Å². The van der Waals surface area contributed by atoms with Crippen LogP contribution in [0.2, 0.25) is 0 Å². The van der Waals surface area contributed by atoms with E-state index in [1.54, 1.807) is 42.2 Å². The summed E-state index contributed by atoms with van der Waals surface area (Å²) in [6, 6.07) is 19.3. The van der Waals surface area contributed by atoms with Gasteiger partial charge in [0, 0.05) is 47.8 Å². The van der Waals surface area contributed by atoms with E-state index < -0.39 is 22.7 Å². The van der Waals surface area contributed by atoms with Gasteiger partial charge in [0.1, 0.15) is 11.6 Å². The predicted molar refractivity (Wildman–Crippen MR) is 140 cm³/mol. The Balaban J connectivity index is 1.63. The van der Waals surface area contributed by atoms with Gasteiger partial charge in [-0.1, -0.05) is 24.3 Å². The quantitative estimate of drug-likeness (QED) is 0.146. The number of aromatic nitrogens is 3. The minimum absolute atomic E-state index is 0.0289. The minimum Gasteiger partial charge on any atom is -0.465 e. The molecule has 9 heteroatoms. The van der Waals surface area contributed by atoms with E-state index in [1.807, 2.05) is 42.6 Å². The Morgan fingerprint density at radius 1 is 1.11 bits per heavy atom. The van der Waals surface area contributed by atoms with E-state index in [9.17, 15) is 19.7 Å². The molecule has 2 atom stereocenters. The fraction of sp³-hybridized carbons (Fsp3) is 0.172. The summed E-state index contributed by atoms with van der Waals surface area (Å²) in [5.74, 6) is -2.35. The van der Waals surface area contributed by atoms with Crippen molar-refractivity contribution < 1.29 is 19.2 Å². The number of rotatable bonds is 7. The maximum atomic E-state index is 13.4. The number of ether oxygens (including phenoxy) is 1. The van der Waals surface area contributed by atoms with Gasteiger partial charge in [-0.15, -0.1) is 0 Å². The van der Waals surface area contributed by atoms with Gasteiger partial charge in [-0.2, -0.15) is 5.10 Å². The van der Waals surface area contributed by atoms with Gasteiger partial charge in [-0.05, 0) is 60.9 Å². The Kier molecular flexibility index (Phi) is 6.90. The number of hydrogen-bond donors (Lipinski definition) is 0. The van der Waals surface area contributed by atoms with Crippen molar-refractivity contribution >= 4 is 23.0 Å². The highest BCUT2D eigenvalue weighted by Gasteiger charge is 2.40. The number of pyridine rings is 1. The van der Waals surface area contributed by atoms with Crippen LogP contribution < -0.4 is 0 Å². The lowest BCUT2D eigenvalue weighted by Crippen LogP contribution is -2.34. The molecule has 4 aromatic rings. The Labute approximate surface area is 218 Å². The molecular weight excluding hydrogens is 484 g/mol. The molecule has 0 N–H and O–H groups in total. The summed E-state index contributed by atoms with van der Waals surface area (Å²) in [5, 5.41) is 16.0. The van der Waals surface area contributed by atoms with Gasteiger partial charge in [0.15, 0.2) is 5.78 Å². The van der Waals surface area contributed by atoms with Crippen LogP contribution in [0.1, 0.15) is 30.4 Å². The Morgan fingerprint density at radius 3 is 2.53 bits per heavy atom. The Hall–Kier alpha value is -4.92. The van der Waals surface area contributed by atoms with Crippen LogP contribution >= 0.6 is 0 Å². The number of carbonyl (C=O) groups is 2. The van der Waals surface area contributed by atoms with Gasteiger partial charge >= 0.3 is 5.97 Å². The molecule has 0 saturated carbocycles. The molecule has 2 heterocycles. The molecule has 2 aromatic heterocycles. The third-order valence-electron chi connectivity index (χ3n) is 6.55. The van der Waals surface area contributed by atoms with Gasteiger partial charge < -0.3 is 4.74 Å². The lowest BCUT2D eigenvalue weighted by atomic mass is 9.74. The molecule has 0 bridgehead atoms. The highest BCUT2D eigenvalue weighted by Crippen LogP contribution is 2.42. The molecule has 2 unspecified atom stereocenters. The number of non-ortho nitro benzene ring substituents is 1. The second-order valence-electron chi connectivity index (χ2n) is 8.87. The molecule has 2 aromatic carbocycles. The normalized spacial score (nSPS) is 17.1. The fourth-order valence-electron chi connectivity index (χ4n) is 4.76. The summed E-state index contributed by atoms with van der Waals surface area (Å²) in [6.45, 7) is 1.88. The van der Waals surface area contributed by atoms with Gasteiger partial charge in [0.25, 0.3) is 5.69 Å². The second-order valence-corrected chi connectivity index (χ2v) is 8.87. The van der Waals surface area contributed by atoms with Crippen LogP contribution in [0.5, 0.6) is 0 Å². The number of carbonyl (C=O) groups excluding carboxylic acids is 2. The first-order valence-corrected chi connectivity index (χ1v) is 12.2. The first kappa shape index (κ1) is 24.8. The van der Waals surface area contributed by atoms with Gasteiger partial charge in [0.05, 0.1) is 17.2 Å². The summed E-state index contributed by atoms with van der Waals surface area (Å²) in [6.07, 6.45) is 7.02. The van der Waals surface area contributed by atoms with Crippen LogP contribution in [0.4, 0.5) is 5.69 Å². The number of para-hydroxylation sites is 1. The largest absolute Gasteiger partial charge is 0.465 e. The molecule has 190 valence electrons. The van der Waals surface area contributed by atoms with E-state index >= 15 is 0 Å². The summed E-state index contributed by atoms with van der Waals surface area (Å²) in [4.78, 5) is 41.2. The third-order valence-corrected chi connectivity index (χ3v) is 6.55. The van der Waals surface area contributed by atoms with Gasteiger partial charge in [-0.25, -0.2) is 4.68 Å². The number of benzene rings is 2. The summed E-state index contributed by atoms with van der Waals surface area (Å²) in [5.41, 5.74) is 4.20. The third kappa shape index (κ3) is 4.86. The molecule has 0 spiro atoms. The van der Waals surface area contributed by atoms with Crippen molar-refractivity contribution in [2.45, 2.75) is 19.3 Å². The number of nitrogens with zero attached hydrogens (tertiary/aromatic N) is 4. The van der Waals surface area contributed by atoms with Crippen molar-refractivity contribution in [3.05, 3.63) is 113 Å². The molecule has 0 fully saturated rings. The zero-order chi connectivity index (χ0) is 26.6. The maximum absolute atomic E-state index is 13.4. The SMILES string of the molecule is CCOC(=O)C1C(=O)C=C(c2cn(-c3ccccc3)nc2-c2ccc([N+](=O)[O-])cc2)CC1c1cccnc1. The van der Waals surface area contributed by atoms with Crippen LogP contribution in [-0.4, -0.2) is 38.0 Å². The molecule has 38 heavy (non-hydrogen) atoms. The van der Waals surface area contributed by atoms with Crippen molar-refractivity contribution in [1.82, 2.24) is 14.8 Å². The summed E-state index contributed by atoms with van der Waals surface area (Å²) in [7, 11) is 0. The lowest BCUT2D eigenvalue weighted by Gasteiger charge is -2.29. The zero-order valence-electron chi connectivity index (χ0n) is 20.6. The molecule has 0 amide bonds. The average molecular weight is 509 g/mol. The number of hydrogen-bond acceptors (Lipinski definition) is 7. The van der Waals surface area contributed by atoms with E-state index in [0.717, 1.165) is 11.3 Å². The molecule has 0 saturated heterocycles. The smallest absolute Gasteiger partial charge is 0.317 e. The first-order valence-electron chi connectivity index (χ1n) is 12.2. The highest BCUT2D eigenvalue weighted by molar-refractivity contribution is 6.11. The van der Waals surface area contributed by atoms with E-state index in [-0.39, 0.29) is 18.1 Å². The minimum atomic E-state index is -0.977. The predicted octanol–water partition coefficient (Wildman–Crippen LogP) is 5.16. The van der Waals surface area contributed by atoms with Crippen molar-refractivity contribution in [2.24, 2.45) is 5.92 Å². The molecule has 1 aliphatic rings. The molecule has 0 aliphatic heterocycles. The molecule has 0 radical (unpaired) electrons. The molecule has 1 aliphatic carbocycles. The van der Waals surface area contributed by atoms with E-state index in [4.69, 9.17) is 9.84 Å². The van der Waals surface area contributed by atoms with Crippen molar-refractivity contribution in [2.75, 3.05) is 6.61 Å². The average Bonchev–Trinajstić information content (AvgIpc) is 3.39. The standard InChI is InChI=1S/C29H24N4O5/c1-2-38-29(35)27-24(20-7-6-14-30-17-20)15-21(16-26(27)34)25-18-32(22-8-4-3-5-9-22)31-28(25)19-10-12-23(13-11-19)33(36)37/h3-14,16-18,24,27H,2,15H2,1H3. The van der Waals surface area contributed by atoms with E-state index in [2.05, 4.69) is 4.98 Å². The topological polar surface area (TPSA) is 117 Å². The van der Waals surface area contributed by atoms with Crippen LogP contribution in [0.15, 0.2) is 91.4 Å². The highest BCUT2D eigenvalue weighted by atomic mass is 16.6. The van der Waals surface area contributed by atoms with Crippen molar-refractivity contribution in [1.29, 1.82) is 0 Å². The first-order chi connectivity index (χ1) is 18.5. The number of nitro groups is 1. The Morgan fingerprint density at radius 2 is 1.87 bits per heavy atom. The molecule has 5 rings (SSSR count).